The summed E-state index contributed by atoms with van der Waals surface area (Å²) < 4.78 is 0.717. The summed E-state index contributed by atoms with van der Waals surface area (Å²) >= 11 is 3.34. The highest BCUT2D eigenvalue weighted by atomic mass is 79.9. The molecule has 0 saturated carbocycles. The van der Waals surface area contributed by atoms with Gasteiger partial charge in [-0.2, -0.15) is 0 Å². The number of carbonyl (C=O) groups excluding carboxylic acids is 1. The molecule has 0 saturated heterocycles. The average molecular weight is 306 g/mol. The highest BCUT2D eigenvalue weighted by Crippen LogP contribution is 2.21. The van der Waals surface area contributed by atoms with Crippen molar-refractivity contribution in [3.05, 3.63) is 51.4 Å². The largest absolute Gasteiger partial charge is 0.382 e. The molecule has 2 N–H and O–H groups in total. The van der Waals surface area contributed by atoms with Gasteiger partial charge in [0.05, 0.1) is 11.4 Å². The van der Waals surface area contributed by atoms with Crippen LogP contribution in [0, 0.1) is 13.8 Å². The number of carbonyl (C=O) groups is 1. The van der Waals surface area contributed by atoms with Crippen LogP contribution >= 0.6 is 15.9 Å². The fourth-order valence-corrected chi connectivity index (χ4v) is 2.03. The molecular weight excluding hydrogens is 294 g/mol. The third kappa shape index (κ3) is 2.26. The summed E-state index contributed by atoms with van der Waals surface area (Å²) in [7, 11) is 0. The van der Waals surface area contributed by atoms with Crippen molar-refractivity contribution in [2.24, 2.45) is 0 Å². The molecule has 4 nitrogen and oxygen atoms in total. The lowest BCUT2D eigenvalue weighted by Crippen LogP contribution is -2.12. The molecule has 0 radical (unpaired) electrons. The Hall–Kier alpha value is -1.75. The van der Waals surface area contributed by atoms with Crippen LogP contribution in [-0.2, 0) is 0 Å². The molecule has 1 aromatic carbocycles. The van der Waals surface area contributed by atoms with Crippen LogP contribution in [0.25, 0.3) is 0 Å². The van der Waals surface area contributed by atoms with Crippen molar-refractivity contribution in [1.82, 2.24) is 9.97 Å². The Morgan fingerprint density at radius 2 is 1.78 bits per heavy atom. The van der Waals surface area contributed by atoms with Crippen molar-refractivity contribution in [3.63, 3.8) is 0 Å². The maximum absolute atomic E-state index is 12.3. The maximum atomic E-state index is 12.3. The first-order valence-corrected chi connectivity index (χ1v) is 6.20. The molecule has 0 unspecified atom stereocenters. The number of nitrogens with zero attached hydrogens (tertiary/aromatic N) is 2. The van der Waals surface area contributed by atoms with Gasteiger partial charge >= 0.3 is 0 Å². The second-order valence-corrected chi connectivity index (χ2v) is 4.79. The van der Waals surface area contributed by atoms with Gasteiger partial charge in [0, 0.05) is 10.0 Å². The summed E-state index contributed by atoms with van der Waals surface area (Å²) in [6, 6.07) is 7.17. The number of nitrogens with two attached hydrogens (primary N) is 1. The van der Waals surface area contributed by atoms with Crippen molar-refractivity contribution in [2.75, 3.05) is 5.73 Å². The van der Waals surface area contributed by atoms with E-state index < -0.39 is 0 Å². The van der Waals surface area contributed by atoms with E-state index in [1.807, 2.05) is 13.0 Å². The molecule has 5 heteroatoms. The zero-order valence-corrected chi connectivity index (χ0v) is 11.7. The predicted octanol–water partition coefficient (Wildman–Crippen LogP) is 2.67. The van der Waals surface area contributed by atoms with Gasteiger partial charge in [-0.15, -0.1) is 0 Å². The summed E-state index contributed by atoms with van der Waals surface area (Å²) in [6.07, 6.45) is 0. The number of halogens is 1. The first-order chi connectivity index (χ1) is 8.50. The molecule has 92 valence electrons. The van der Waals surface area contributed by atoms with Crippen LogP contribution in [-0.4, -0.2) is 15.8 Å². The summed E-state index contributed by atoms with van der Waals surface area (Å²) in [4.78, 5) is 20.7. The van der Waals surface area contributed by atoms with Crippen LogP contribution in [0.3, 0.4) is 0 Å². The molecule has 0 aliphatic rings. The number of hydrogen-bond acceptors (Lipinski definition) is 4. The van der Waals surface area contributed by atoms with Crippen molar-refractivity contribution in [1.29, 1.82) is 0 Å². The molecule has 2 rings (SSSR count). The molecule has 0 amide bonds. The lowest BCUT2D eigenvalue weighted by molar-refractivity contribution is 0.103. The van der Waals surface area contributed by atoms with Crippen molar-refractivity contribution in [3.8, 4) is 0 Å². The van der Waals surface area contributed by atoms with Gasteiger partial charge in [-0.1, -0.05) is 28.1 Å². The lowest BCUT2D eigenvalue weighted by Gasteiger charge is -2.07. The number of anilines is 1. The van der Waals surface area contributed by atoms with Gasteiger partial charge < -0.3 is 5.73 Å². The van der Waals surface area contributed by atoms with Gasteiger partial charge in [0.15, 0.2) is 11.5 Å². The molecule has 0 atom stereocenters. The second-order valence-electron chi connectivity index (χ2n) is 3.94. The van der Waals surface area contributed by atoms with Gasteiger partial charge in [-0.25, -0.2) is 9.97 Å². The van der Waals surface area contributed by atoms with E-state index in [-0.39, 0.29) is 17.3 Å². The zero-order valence-electron chi connectivity index (χ0n) is 10.1. The molecule has 1 aromatic heterocycles. The molecular formula is C13H12BrN3O. The van der Waals surface area contributed by atoms with Gasteiger partial charge in [-0.05, 0) is 26.0 Å². The molecule has 0 aliphatic carbocycles. The van der Waals surface area contributed by atoms with Gasteiger partial charge in [0.1, 0.15) is 0 Å². The van der Waals surface area contributed by atoms with E-state index in [2.05, 4.69) is 25.9 Å². The predicted molar refractivity (Wildman–Crippen MR) is 73.5 cm³/mol. The van der Waals surface area contributed by atoms with Crippen molar-refractivity contribution >= 4 is 27.5 Å². The standard InChI is InChI=1S/C13H12BrN3O/c1-7-8(2)17-13(15)11(16-7)12(18)9-5-3-4-6-10(9)14/h3-6H,1-2H3,(H2,15,17). The maximum Gasteiger partial charge on any atom is 0.216 e. The summed E-state index contributed by atoms with van der Waals surface area (Å²) in [6.45, 7) is 3.62. The normalized spacial score (nSPS) is 10.4. The lowest BCUT2D eigenvalue weighted by atomic mass is 10.1. The minimum atomic E-state index is -0.226. The Bertz CT molecular complexity index is 626. The highest BCUT2D eigenvalue weighted by Gasteiger charge is 2.18. The monoisotopic (exact) mass is 305 g/mol. The van der Waals surface area contributed by atoms with E-state index >= 15 is 0 Å². The Labute approximate surface area is 113 Å². The topological polar surface area (TPSA) is 68.9 Å². The van der Waals surface area contributed by atoms with Crippen LogP contribution in [0.4, 0.5) is 5.82 Å². The van der Waals surface area contributed by atoms with Crippen LogP contribution in [0.15, 0.2) is 28.7 Å². The molecule has 0 fully saturated rings. The first-order valence-electron chi connectivity index (χ1n) is 5.40. The van der Waals surface area contributed by atoms with Crippen LogP contribution in [0.1, 0.15) is 27.4 Å². The van der Waals surface area contributed by atoms with Crippen molar-refractivity contribution < 1.29 is 4.79 Å². The number of benzene rings is 1. The molecule has 0 spiro atoms. The Balaban J connectivity index is 2.53. The number of nitrogen functional groups attached to an aromatic ring is 1. The molecule has 2 aromatic rings. The third-order valence-corrected chi connectivity index (χ3v) is 3.36. The van der Waals surface area contributed by atoms with Crippen LogP contribution < -0.4 is 5.73 Å². The minimum Gasteiger partial charge on any atom is -0.382 e. The van der Waals surface area contributed by atoms with Crippen LogP contribution in [0.5, 0.6) is 0 Å². The second kappa shape index (κ2) is 4.86. The Morgan fingerprint density at radius 1 is 1.17 bits per heavy atom. The first kappa shape index (κ1) is 12.7. The molecule has 0 bridgehead atoms. The average Bonchev–Trinajstić information content (AvgIpc) is 2.33. The van der Waals surface area contributed by atoms with E-state index in [1.165, 1.54) is 0 Å². The molecule has 18 heavy (non-hydrogen) atoms. The van der Waals surface area contributed by atoms with Gasteiger partial charge in [-0.3, -0.25) is 4.79 Å². The van der Waals surface area contributed by atoms with E-state index in [0.717, 1.165) is 10.2 Å². The number of aromatic nitrogens is 2. The number of aryl methyl sites for hydroxylation is 2. The fraction of sp³-hybridized carbons (Fsp3) is 0.154. The van der Waals surface area contributed by atoms with Gasteiger partial charge in [0.2, 0.25) is 5.78 Å². The summed E-state index contributed by atoms with van der Waals surface area (Å²) in [5.41, 5.74) is 7.94. The highest BCUT2D eigenvalue weighted by molar-refractivity contribution is 9.10. The number of hydrogen-bond donors (Lipinski definition) is 1. The van der Waals surface area contributed by atoms with Gasteiger partial charge in [0.25, 0.3) is 0 Å². The minimum absolute atomic E-state index is 0.166. The quantitative estimate of drug-likeness (QED) is 0.866. The summed E-state index contributed by atoms with van der Waals surface area (Å²) in [5.74, 6) is -0.0607. The summed E-state index contributed by atoms with van der Waals surface area (Å²) in [5, 5.41) is 0. The Kier molecular flexibility index (Phi) is 3.43. The third-order valence-electron chi connectivity index (χ3n) is 2.67. The SMILES string of the molecule is Cc1nc(N)c(C(=O)c2ccccc2Br)nc1C. The molecule has 1 heterocycles. The van der Waals surface area contributed by atoms with Crippen LogP contribution in [0.2, 0.25) is 0 Å². The zero-order chi connectivity index (χ0) is 13.3. The Morgan fingerprint density at radius 3 is 2.44 bits per heavy atom. The fourth-order valence-electron chi connectivity index (χ4n) is 1.56. The van der Waals surface area contributed by atoms with E-state index in [9.17, 15) is 4.79 Å². The van der Waals surface area contributed by atoms with E-state index in [0.29, 0.717) is 11.3 Å². The number of rotatable bonds is 2. The molecule has 0 aliphatic heterocycles. The van der Waals surface area contributed by atoms with E-state index in [4.69, 9.17) is 5.73 Å². The van der Waals surface area contributed by atoms with E-state index in [1.54, 1.807) is 25.1 Å². The van der Waals surface area contributed by atoms with Crippen molar-refractivity contribution in [2.45, 2.75) is 13.8 Å². The number of ketones is 1. The smallest absolute Gasteiger partial charge is 0.216 e.